The topological polar surface area (TPSA) is 64.3 Å². The molecule has 1 saturated heterocycles. The third-order valence-corrected chi connectivity index (χ3v) is 6.59. The molecule has 0 N–H and O–H groups in total. The van der Waals surface area contributed by atoms with Gasteiger partial charge >= 0.3 is 0 Å². The highest BCUT2D eigenvalue weighted by Gasteiger charge is 2.40. The van der Waals surface area contributed by atoms with Crippen molar-refractivity contribution in [2.24, 2.45) is 0 Å². The first-order valence-electron chi connectivity index (χ1n) is 9.70. The predicted molar refractivity (Wildman–Crippen MR) is 109 cm³/mol. The molecule has 0 unspecified atom stereocenters. The number of nitrogens with zero attached hydrogens (tertiary/aromatic N) is 4. The number of piperidine rings is 1. The van der Waals surface area contributed by atoms with Crippen LogP contribution in [-0.2, 0) is 16.7 Å². The lowest BCUT2D eigenvalue weighted by Crippen LogP contribution is -2.43. The second kappa shape index (κ2) is 8.51. The highest BCUT2D eigenvalue weighted by Crippen LogP contribution is 2.38. The number of rotatable bonds is 7. The Kier molecular flexibility index (Phi) is 5.85. The van der Waals surface area contributed by atoms with Gasteiger partial charge in [0, 0.05) is 53.4 Å². The molecule has 3 aromatic rings. The van der Waals surface area contributed by atoms with Gasteiger partial charge in [0.2, 0.25) is 0 Å². The van der Waals surface area contributed by atoms with E-state index in [0.29, 0.717) is 12.5 Å². The smallest absolute Gasteiger partial charge is 0.258 e. The van der Waals surface area contributed by atoms with Crippen molar-refractivity contribution in [2.75, 3.05) is 26.8 Å². The summed E-state index contributed by atoms with van der Waals surface area (Å²) in [4.78, 5) is 14.2. The van der Waals surface area contributed by atoms with Gasteiger partial charge in [-0.3, -0.25) is 9.88 Å². The van der Waals surface area contributed by atoms with Crippen LogP contribution in [0.15, 0.2) is 41.2 Å². The molecule has 0 aliphatic carbocycles. The van der Waals surface area contributed by atoms with Crippen molar-refractivity contribution in [3.8, 4) is 11.5 Å². The fourth-order valence-electron chi connectivity index (χ4n) is 3.86. The first-order valence-corrected chi connectivity index (χ1v) is 10.5. The Morgan fingerprint density at radius 1 is 1.18 bits per heavy atom. The minimum Gasteiger partial charge on any atom is -0.385 e. The van der Waals surface area contributed by atoms with Crippen LogP contribution in [0, 0.1) is 6.92 Å². The molecular weight excluding hydrogens is 372 g/mol. The molecule has 4 heterocycles. The van der Waals surface area contributed by atoms with E-state index in [1.807, 2.05) is 23.5 Å². The predicted octanol–water partition coefficient (Wildman–Crippen LogP) is 4.07. The van der Waals surface area contributed by atoms with Crippen molar-refractivity contribution in [1.29, 1.82) is 0 Å². The number of ether oxygens (including phenoxy) is 1. The van der Waals surface area contributed by atoms with Gasteiger partial charge in [-0.25, -0.2) is 0 Å². The molecule has 4 rings (SSSR count). The van der Waals surface area contributed by atoms with E-state index in [0.717, 1.165) is 50.3 Å². The maximum absolute atomic E-state index is 5.59. The van der Waals surface area contributed by atoms with Gasteiger partial charge in [-0.05, 0) is 63.5 Å². The first kappa shape index (κ1) is 19.2. The lowest BCUT2D eigenvalue weighted by molar-refractivity contribution is 0.103. The van der Waals surface area contributed by atoms with Gasteiger partial charge in [-0.2, -0.15) is 4.98 Å². The van der Waals surface area contributed by atoms with E-state index in [-0.39, 0.29) is 5.41 Å². The molecule has 1 aliphatic rings. The van der Waals surface area contributed by atoms with Gasteiger partial charge < -0.3 is 9.26 Å². The molecule has 3 aromatic heterocycles. The highest BCUT2D eigenvalue weighted by atomic mass is 32.1. The number of methoxy groups -OCH3 is 1. The largest absolute Gasteiger partial charge is 0.385 e. The second-order valence-corrected chi connectivity index (χ2v) is 8.84. The van der Waals surface area contributed by atoms with Crippen molar-refractivity contribution in [3.63, 3.8) is 0 Å². The maximum atomic E-state index is 5.59. The van der Waals surface area contributed by atoms with Crippen molar-refractivity contribution in [2.45, 2.75) is 38.1 Å². The summed E-state index contributed by atoms with van der Waals surface area (Å²) in [6.07, 6.45) is 6.41. The van der Waals surface area contributed by atoms with Gasteiger partial charge in [0.25, 0.3) is 5.89 Å². The van der Waals surface area contributed by atoms with Gasteiger partial charge in [0.05, 0.1) is 0 Å². The third kappa shape index (κ3) is 4.16. The van der Waals surface area contributed by atoms with Crippen LogP contribution >= 0.6 is 11.3 Å². The molecule has 0 saturated carbocycles. The second-order valence-electron chi connectivity index (χ2n) is 7.47. The Morgan fingerprint density at radius 3 is 2.64 bits per heavy atom. The quantitative estimate of drug-likeness (QED) is 0.598. The minimum atomic E-state index is -0.0906. The van der Waals surface area contributed by atoms with Crippen LogP contribution in [0.4, 0.5) is 0 Å². The molecule has 0 aromatic carbocycles. The maximum Gasteiger partial charge on any atom is 0.258 e. The van der Waals surface area contributed by atoms with E-state index in [9.17, 15) is 0 Å². The summed E-state index contributed by atoms with van der Waals surface area (Å²) in [6, 6.07) is 8.23. The Morgan fingerprint density at radius 2 is 1.96 bits per heavy atom. The van der Waals surface area contributed by atoms with E-state index >= 15 is 0 Å². The SMILES string of the molecule is COCCC1(c2noc(-c3ccncc3)n2)CCN(Cc2ccc(C)s2)CC1. The van der Waals surface area contributed by atoms with Crippen molar-refractivity contribution >= 4 is 11.3 Å². The summed E-state index contributed by atoms with van der Waals surface area (Å²) in [5.74, 6) is 1.37. The van der Waals surface area contributed by atoms with E-state index in [1.165, 1.54) is 9.75 Å². The number of aromatic nitrogens is 3. The number of hydrogen-bond donors (Lipinski definition) is 0. The minimum absolute atomic E-state index is 0.0906. The van der Waals surface area contributed by atoms with E-state index in [4.69, 9.17) is 14.2 Å². The molecule has 0 spiro atoms. The van der Waals surface area contributed by atoms with Crippen LogP contribution in [0.5, 0.6) is 0 Å². The molecule has 0 amide bonds. The van der Waals surface area contributed by atoms with Crippen LogP contribution in [0.2, 0.25) is 0 Å². The van der Waals surface area contributed by atoms with Gasteiger partial charge in [-0.15, -0.1) is 11.3 Å². The molecular formula is C21H26N4O2S. The van der Waals surface area contributed by atoms with Crippen molar-refractivity contribution in [1.82, 2.24) is 20.0 Å². The lowest BCUT2D eigenvalue weighted by Gasteiger charge is -2.39. The number of pyridine rings is 1. The average Bonchev–Trinajstić information content (AvgIpc) is 3.38. The zero-order valence-corrected chi connectivity index (χ0v) is 17.2. The Bertz CT molecular complexity index is 885. The molecule has 0 bridgehead atoms. The summed E-state index contributed by atoms with van der Waals surface area (Å²) in [7, 11) is 1.75. The lowest BCUT2D eigenvalue weighted by atomic mass is 9.75. The molecule has 28 heavy (non-hydrogen) atoms. The van der Waals surface area contributed by atoms with E-state index in [2.05, 4.69) is 34.1 Å². The zero-order chi connectivity index (χ0) is 19.4. The van der Waals surface area contributed by atoms with Crippen LogP contribution in [-0.4, -0.2) is 46.8 Å². The third-order valence-electron chi connectivity index (χ3n) is 5.60. The van der Waals surface area contributed by atoms with E-state index in [1.54, 1.807) is 19.5 Å². The summed E-state index contributed by atoms with van der Waals surface area (Å²) in [5, 5.41) is 4.38. The Hall–Kier alpha value is -2.09. The van der Waals surface area contributed by atoms with E-state index < -0.39 is 0 Å². The van der Waals surface area contributed by atoms with Crippen LogP contribution < -0.4 is 0 Å². The van der Waals surface area contributed by atoms with Gasteiger partial charge in [0.1, 0.15) is 0 Å². The van der Waals surface area contributed by atoms with Crippen molar-refractivity contribution < 1.29 is 9.26 Å². The van der Waals surface area contributed by atoms with Crippen molar-refractivity contribution in [3.05, 3.63) is 52.2 Å². The number of thiophene rings is 1. The van der Waals surface area contributed by atoms with Crippen LogP contribution in [0.3, 0.4) is 0 Å². The Balaban J connectivity index is 1.49. The van der Waals surface area contributed by atoms with Gasteiger partial charge in [-0.1, -0.05) is 5.16 Å². The molecule has 1 fully saturated rings. The molecule has 1 aliphatic heterocycles. The normalized spacial score (nSPS) is 17.1. The fourth-order valence-corrected chi connectivity index (χ4v) is 4.80. The summed E-state index contributed by atoms with van der Waals surface area (Å²) < 4.78 is 11.0. The number of hydrogen-bond acceptors (Lipinski definition) is 7. The molecule has 7 heteroatoms. The molecule has 0 atom stereocenters. The monoisotopic (exact) mass is 398 g/mol. The first-order chi connectivity index (χ1) is 13.7. The standard InChI is InChI=1S/C21H26N4O2S/c1-16-3-4-18(28-16)15-25-12-7-21(8-13-25,9-14-26-2)20-23-19(27-24-20)17-5-10-22-11-6-17/h3-6,10-11H,7-9,12-15H2,1-2H3. The van der Waals surface area contributed by atoms with Crippen LogP contribution in [0.25, 0.3) is 11.5 Å². The molecule has 6 nitrogen and oxygen atoms in total. The molecule has 148 valence electrons. The summed E-state index contributed by atoms with van der Waals surface area (Å²) in [6.45, 7) is 5.94. The molecule has 0 radical (unpaired) electrons. The summed E-state index contributed by atoms with van der Waals surface area (Å²) in [5.41, 5.74) is 0.813. The zero-order valence-electron chi connectivity index (χ0n) is 16.4. The number of likely N-dealkylation sites (tertiary alicyclic amines) is 1. The summed E-state index contributed by atoms with van der Waals surface area (Å²) >= 11 is 1.89. The highest BCUT2D eigenvalue weighted by molar-refractivity contribution is 7.11. The fraction of sp³-hybridized carbons (Fsp3) is 0.476. The Labute approximate surface area is 169 Å². The van der Waals surface area contributed by atoms with Crippen LogP contribution in [0.1, 0.15) is 34.8 Å². The average molecular weight is 399 g/mol. The number of aryl methyl sites for hydroxylation is 1. The van der Waals surface area contributed by atoms with Gasteiger partial charge in [0.15, 0.2) is 5.82 Å².